The number of rotatable bonds is 4. The Bertz CT molecular complexity index is 651. The van der Waals surface area contributed by atoms with E-state index in [1.54, 1.807) is 0 Å². The maximum atomic E-state index is 12.0. The minimum atomic E-state index is -1.27. The van der Waals surface area contributed by atoms with Gasteiger partial charge in [-0.15, -0.1) is 0 Å². The fourth-order valence-corrected chi connectivity index (χ4v) is 1.57. The first kappa shape index (κ1) is 14.9. The van der Waals surface area contributed by atoms with Gasteiger partial charge < -0.3 is 9.67 Å². The molecule has 0 unspecified atom stereocenters. The van der Waals surface area contributed by atoms with Crippen LogP contribution in [0.5, 0.6) is 0 Å². The summed E-state index contributed by atoms with van der Waals surface area (Å²) in [5, 5.41) is 8.97. The maximum absolute atomic E-state index is 12.0. The lowest BCUT2D eigenvalue weighted by atomic mass is 9.86. The standard InChI is InChI=1S/C12H16N2O5/c1-12(2,10(17)18)5-8(15)7-6-13(3)11(19)14(4)9(7)16/h6H,5H2,1-4H3,(H,17,18). The summed E-state index contributed by atoms with van der Waals surface area (Å²) in [5.41, 5.74) is -2.70. The normalized spacial score (nSPS) is 11.4. The number of carbonyl (C=O) groups excluding carboxylic acids is 1. The molecule has 0 saturated heterocycles. The molecule has 1 rings (SSSR count). The molecule has 0 aliphatic rings. The Balaban J connectivity index is 3.27. The van der Waals surface area contributed by atoms with Gasteiger partial charge >= 0.3 is 11.7 Å². The monoisotopic (exact) mass is 268 g/mol. The van der Waals surface area contributed by atoms with Crippen molar-refractivity contribution in [3.05, 3.63) is 32.6 Å². The van der Waals surface area contributed by atoms with Crippen LogP contribution in [0.1, 0.15) is 30.6 Å². The minimum absolute atomic E-state index is 0.182. The van der Waals surface area contributed by atoms with Crippen molar-refractivity contribution in [2.24, 2.45) is 19.5 Å². The summed E-state index contributed by atoms with van der Waals surface area (Å²) in [7, 11) is 2.69. The fraction of sp³-hybridized carbons (Fsp3) is 0.500. The molecule has 1 heterocycles. The van der Waals surface area contributed by atoms with Crippen molar-refractivity contribution in [3.8, 4) is 0 Å². The van der Waals surface area contributed by atoms with E-state index in [1.165, 1.54) is 27.9 Å². The van der Waals surface area contributed by atoms with Crippen molar-refractivity contribution >= 4 is 11.8 Å². The first-order valence-electron chi connectivity index (χ1n) is 5.61. The quantitative estimate of drug-likeness (QED) is 0.760. The predicted octanol–water partition coefficient (Wildman–Crippen LogP) is -0.232. The SMILES string of the molecule is Cn1cc(C(=O)CC(C)(C)C(=O)O)c(=O)n(C)c1=O. The number of carboxylic acid groups (broad SMARTS) is 1. The second-order valence-corrected chi connectivity index (χ2v) is 5.09. The van der Waals surface area contributed by atoms with Crippen LogP contribution in [-0.2, 0) is 18.9 Å². The molecular weight excluding hydrogens is 252 g/mol. The van der Waals surface area contributed by atoms with E-state index in [-0.39, 0.29) is 12.0 Å². The van der Waals surface area contributed by atoms with Gasteiger partial charge in [0.15, 0.2) is 5.78 Å². The van der Waals surface area contributed by atoms with Crippen LogP contribution >= 0.6 is 0 Å². The van der Waals surface area contributed by atoms with Crippen molar-refractivity contribution in [3.63, 3.8) is 0 Å². The van der Waals surface area contributed by atoms with Gasteiger partial charge in [-0.25, -0.2) is 4.79 Å². The minimum Gasteiger partial charge on any atom is -0.481 e. The number of nitrogens with zero attached hydrogens (tertiary/aromatic N) is 2. The summed E-state index contributed by atoms with van der Waals surface area (Å²) < 4.78 is 1.93. The molecule has 0 saturated carbocycles. The molecule has 0 amide bonds. The first-order chi connectivity index (χ1) is 8.58. The second-order valence-electron chi connectivity index (χ2n) is 5.09. The first-order valence-corrected chi connectivity index (χ1v) is 5.61. The van der Waals surface area contributed by atoms with Crippen LogP contribution in [0, 0.1) is 5.41 Å². The summed E-state index contributed by atoms with van der Waals surface area (Å²) >= 11 is 0. The highest BCUT2D eigenvalue weighted by Crippen LogP contribution is 2.22. The van der Waals surface area contributed by atoms with Crippen LogP contribution in [0.3, 0.4) is 0 Å². The van der Waals surface area contributed by atoms with Crippen molar-refractivity contribution in [2.75, 3.05) is 0 Å². The van der Waals surface area contributed by atoms with E-state index in [2.05, 4.69) is 0 Å². The van der Waals surface area contributed by atoms with Gasteiger partial charge in [0.1, 0.15) is 0 Å². The number of carboxylic acids is 1. The Morgan fingerprint density at radius 1 is 1.26 bits per heavy atom. The Labute approximate surface area is 109 Å². The number of carbonyl (C=O) groups is 2. The number of hydrogen-bond acceptors (Lipinski definition) is 4. The highest BCUT2D eigenvalue weighted by molar-refractivity contribution is 5.98. The molecule has 0 aliphatic carbocycles. The van der Waals surface area contributed by atoms with E-state index in [4.69, 9.17) is 5.11 Å². The van der Waals surface area contributed by atoms with Crippen LogP contribution in [0.2, 0.25) is 0 Å². The van der Waals surface area contributed by atoms with Gasteiger partial charge in [0, 0.05) is 26.7 Å². The van der Waals surface area contributed by atoms with Crippen LogP contribution in [0.15, 0.2) is 15.8 Å². The number of ketones is 1. The molecule has 1 N–H and O–H groups in total. The van der Waals surface area contributed by atoms with Gasteiger partial charge in [-0.3, -0.25) is 19.0 Å². The Morgan fingerprint density at radius 3 is 2.26 bits per heavy atom. The predicted molar refractivity (Wildman–Crippen MR) is 67.3 cm³/mol. The summed E-state index contributed by atoms with van der Waals surface area (Å²) in [6, 6.07) is 0. The molecule has 0 fully saturated rings. The average Bonchev–Trinajstić information content (AvgIpc) is 2.30. The summed E-state index contributed by atoms with van der Waals surface area (Å²) in [6.07, 6.45) is 0.834. The smallest absolute Gasteiger partial charge is 0.330 e. The van der Waals surface area contributed by atoms with Gasteiger partial charge in [-0.2, -0.15) is 0 Å². The third-order valence-corrected chi connectivity index (χ3v) is 2.93. The molecule has 0 bridgehead atoms. The number of aromatic nitrogens is 2. The lowest BCUT2D eigenvalue weighted by Crippen LogP contribution is -2.40. The van der Waals surface area contributed by atoms with E-state index in [0.717, 1.165) is 15.3 Å². The van der Waals surface area contributed by atoms with E-state index < -0.39 is 28.4 Å². The van der Waals surface area contributed by atoms with E-state index in [1.807, 2.05) is 0 Å². The Morgan fingerprint density at radius 2 is 1.79 bits per heavy atom. The molecule has 0 radical (unpaired) electrons. The molecular formula is C12H16N2O5. The Kier molecular flexibility index (Phi) is 3.78. The fourth-order valence-electron chi connectivity index (χ4n) is 1.57. The van der Waals surface area contributed by atoms with Crippen LogP contribution in [0.25, 0.3) is 0 Å². The average molecular weight is 268 g/mol. The number of hydrogen-bond donors (Lipinski definition) is 1. The molecule has 0 spiro atoms. The molecule has 7 nitrogen and oxygen atoms in total. The third kappa shape index (κ3) is 2.81. The summed E-state index contributed by atoms with van der Waals surface area (Å²) in [5.74, 6) is -1.72. The third-order valence-electron chi connectivity index (χ3n) is 2.93. The molecule has 7 heteroatoms. The van der Waals surface area contributed by atoms with Gasteiger partial charge in [-0.1, -0.05) is 0 Å². The Hall–Kier alpha value is -2.18. The molecule has 1 aromatic heterocycles. The zero-order chi connectivity index (χ0) is 15.0. The summed E-state index contributed by atoms with van der Waals surface area (Å²) in [6.45, 7) is 2.80. The molecule has 0 aliphatic heterocycles. The van der Waals surface area contributed by atoms with Crippen LogP contribution in [0.4, 0.5) is 0 Å². The lowest BCUT2D eigenvalue weighted by Gasteiger charge is -2.17. The molecule has 104 valence electrons. The van der Waals surface area contributed by atoms with Crippen molar-refractivity contribution < 1.29 is 14.7 Å². The largest absolute Gasteiger partial charge is 0.481 e. The van der Waals surface area contributed by atoms with Crippen molar-refractivity contribution in [1.29, 1.82) is 0 Å². The van der Waals surface area contributed by atoms with Gasteiger partial charge in [-0.05, 0) is 13.8 Å². The molecule has 19 heavy (non-hydrogen) atoms. The number of aliphatic carboxylic acids is 1. The van der Waals surface area contributed by atoms with Crippen molar-refractivity contribution in [2.45, 2.75) is 20.3 Å². The van der Waals surface area contributed by atoms with E-state index in [0.29, 0.717) is 0 Å². The van der Waals surface area contributed by atoms with Crippen LogP contribution in [-0.4, -0.2) is 26.0 Å². The lowest BCUT2D eigenvalue weighted by molar-refractivity contribution is -0.146. The summed E-state index contributed by atoms with van der Waals surface area (Å²) in [4.78, 5) is 46.3. The second kappa shape index (κ2) is 4.83. The highest BCUT2D eigenvalue weighted by atomic mass is 16.4. The zero-order valence-electron chi connectivity index (χ0n) is 11.3. The van der Waals surface area contributed by atoms with Gasteiger partial charge in [0.25, 0.3) is 5.56 Å². The van der Waals surface area contributed by atoms with E-state index in [9.17, 15) is 19.2 Å². The van der Waals surface area contributed by atoms with Crippen molar-refractivity contribution in [1.82, 2.24) is 9.13 Å². The van der Waals surface area contributed by atoms with E-state index >= 15 is 0 Å². The molecule has 1 aromatic rings. The topological polar surface area (TPSA) is 98.4 Å². The highest BCUT2D eigenvalue weighted by Gasteiger charge is 2.31. The number of Topliss-reactive ketones (excluding diaryl/α,β-unsaturated/α-hetero) is 1. The number of aryl methyl sites for hydroxylation is 1. The van der Waals surface area contributed by atoms with Gasteiger partial charge in [0.2, 0.25) is 0 Å². The zero-order valence-corrected chi connectivity index (χ0v) is 11.3. The molecule has 0 atom stereocenters. The maximum Gasteiger partial charge on any atom is 0.330 e. The van der Waals surface area contributed by atoms with Crippen LogP contribution < -0.4 is 11.2 Å². The molecule has 0 aromatic carbocycles. The van der Waals surface area contributed by atoms with Gasteiger partial charge in [0.05, 0.1) is 11.0 Å².